The van der Waals surface area contributed by atoms with Gasteiger partial charge in [-0.05, 0) is 23.7 Å². The second-order valence-electron chi connectivity index (χ2n) is 4.99. The molecule has 0 aromatic carbocycles. The van der Waals surface area contributed by atoms with Crippen molar-refractivity contribution < 1.29 is 0 Å². The number of hydrogen-bond acceptors (Lipinski definition) is 4. The molecule has 0 amide bonds. The highest BCUT2D eigenvalue weighted by Crippen LogP contribution is 2.42. The molecular formula is C8H16ClN3SSi2. The van der Waals surface area contributed by atoms with Crippen molar-refractivity contribution in [3.8, 4) is 6.07 Å². The highest BCUT2D eigenvalue weighted by Gasteiger charge is 2.48. The fourth-order valence-electron chi connectivity index (χ4n) is 1.95. The normalized spacial score (nSPS) is 25.2. The lowest BCUT2D eigenvalue weighted by Crippen LogP contribution is -2.49. The Labute approximate surface area is 103 Å². The molecular weight excluding hydrogens is 262 g/mol. The fraction of sp³-hybridized carbons (Fsp3) is 0.750. The van der Waals surface area contributed by atoms with Gasteiger partial charge in [0.05, 0.1) is 0 Å². The van der Waals surface area contributed by atoms with Crippen LogP contribution in [0.1, 0.15) is 0 Å². The Hall–Kier alpha value is 0.194. The monoisotopic (exact) mass is 277 g/mol. The molecule has 1 aliphatic heterocycles. The van der Waals surface area contributed by atoms with Crippen LogP contribution < -0.4 is 0 Å². The van der Waals surface area contributed by atoms with Crippen molar-refractivity contribution in [1.29, 1.82) is 5.26 Å². The van der Waals surface area contributed by atoms with Gasteiger partial charge >= 0.3 is 0 Å². The molecule has 7 heteroatoms. The zero-order valence-electron chi connectivity index (χ0n) is 9.54. The van der Waals surface area contributed by atoms with Crippen molar-refractivity contribution in [2.45, 2.75) is 38.3 Å². The van der Waals surface area contributed by atoms with Gasteiger partial charge in [0, 0.05) is 12.1 Å². The Morgan fingerprint density at radius 3 is 2.20 bits per heavy atom. The summed E-state index contributed by atoms with van der Waals surface area (Å²) in [5.41, 5.74) is 0. The van der Waals surface area contributed by atoms with Crippen LogP contribution in [0.4, 0.5) is 0 Å². The van der Waals surface area contributed by atoms with Gasteiger partial charge in [-0.15, -0.1) is 0 Å². The van der Waals surface area contributed by atoms with E-state index in [4.69, 9.17) is 16.9 Å². The molecule has 0 N–H and O–H groups in total. The highest BCUT2D eigenvalue weighted by atomic mass is 35.5. The van der Waals surface area contributed by atoms with Crippen molar-refractivity contribution in [2.24, 2.45) is 4.40 Å². The first kappa shape index (κ1) is 13.3. The van der Waals surface area contributed by atoms with E-state index in [1.54, 1.807) is 0 Å². The van der Waals surface area contributed by atoms with E-state index < -0.39 is 16.5 Å². The van der Waals surface area contributed by atoms with E-state index in [-0.39, 0.29) is 5.17 Å². The van der Waals surface area contributed by atoms with E-state index in [2.05, 4.69) is 34.2 Å². The smallest absolute Gasteiger partial charge is 0.215 e. The molecule has 0 spiro atoms. The molecule has 0 aliphatic carbocycles. The predicted molar refractivity (Wildman–Crippen MR) is 72.9 cm³/mol. The van der Waals surface area contributed by atoms with Crippen molar-refractivity contribution in [3.63, 3.8) is 0 Å². The van der Waals surface area contributed by atoms with E-state index in [0.717, 1.165) is 0 Å². The lowest BCUT2D eigenvalue weighted by atomic mass is 10.9. The second-order valence-corrected chi connectivity index (χ2v) is 16.3. The lowest BCUT2D eigenvalue weighted by Gasteiger charge is -2.35. The Kier molecular flexibility index (Phi) is 4.06. The Morgan fingerprint density at radius 1 is 1.33 bits per heavy atom. The molecule has 1 saturated heterocycles. The van der Waals surface area contributed by atoms with Gasteiger partial charge in [0.1, 0.15) is 22.5 Å². The highest BCUT2D eigenvalue weighted by molar-refractivity contribution is 7.98. The summed E-state index contributed by atoms with van der Waals surface area (Å²) in [5.74, 6) is 0. The molecule has 3 nitrogen and oxygen atoms in total. The first-order valence-electron chi connectivity index (χ1n) is 4.91. The molecule has 1 heterocycles. The van der Waals surface area contributed by atoms with Crippen LogP contribution in [0.15, 0.2) is 4.40 Å². The van der Waals surface area contributed by atoms with Gasteiger partial charge in [0.25, 0.3) is 0 Å². The van der Waals surface area contributed by atoms with E-state index >= 15 is 0 Å². The summed E-state index contributed by atoms with van der Waals surface area (Å²) in [6.07, 6.45) is 0. The fourth-order valence-corrected chi connectivity index (χ4v) is 17.3. The standard InChI is InChI=1S/C8H16ClN3SSi2/c1-14(2)5-6-15(3,4)12(14)13-11-8(9)7-10/h5-6H2,1-4H3. The molecule has 0 radical (unpaired) electrons. The van der Waals surface area contributed by atoms with Crippen LogP contribution in [0.25, 0.3) is 0 Å². The van der Waals surface area contributed by atoms with Crippen molar-refractivity contribution in [3.05, 3.63) is 0 Å². The molecule has 84 valence electrons. The number of nitriles is 1. The summed E-state index contributed by atoms with van der Waals surface area (Å²) in [6.45, 7) is 9.43. The molecule has 0 aromatic rings. The number of hydrogen-bond donors (Lipinski definition) is 0. The Morgan fingerprint density at radius 2 is 1.80 bits per heavy atom. The first-order chi connectivity index (χ1) is 6.79. The third kappa shape index (κ3) is 3.08. The zero-order valence-corrected chi connectivity index (χ0v) is 13.1. The lowest BCUT2D eigenvalue weighted by molar-refractivity contribution is 1.03. The molecule has 1 fully saturated rings. The van der Waals surface area contributed by atoms with Crippen LogP contribution in [0, 0.1) is 11.3 Å². The summed E-state index contributed by atoms with van der Waals surface area (Å²) in [6, 6.07) is 4.51. The second kappa shape index (κ2) is 4.59. The van der Waals surface area contributed by atoms with Crippen LogP contribution in [-0.2, 0) is 0 Å². The molecule has 1 aliphatic rings. The molecule has 0 unspecified atom stereocenters. The largest absolute Gasteiger partial charge is 0.274 e. The first-order valence-corrected chi connectivity index (χ1v) is 12.3. The van der Waals surface area contributed by atoms with E-state index in [1.165, 1.54) is 24.2 Å². The van der Waals surface area contributed by atoms with Gasteiger partial charge in [-0.25, -0.2) is 0 Å². The number of rotatable bonds is 2. The molecule has 1 rings (SSSR count). The quantitative estimate of drug-likeness (QED) is 0.441. The van der Waals surface area contributed by atoms with Crippen LogP contribution >= 0.6 is 23.7 Å². The van der Waals surface area contributed by atoms with Gasteiger partial charge in [0.15, 0.2) is 0 Å². The maximum Gasteiger partial charge on any atom is 0.215 e. The van der Waals surface area contributed by atoms with Crippen LogP contribution in [0.3, 0.4) is 0 Å². The SMILES string of the molecule is C[Si]1(C)CC[Si](C)(C)N1SN=C(Cl)C#N. The third-order valence-electron chi connectivity index (χ3n) is 2.74. The van der Waals surface area contributed by atoms with E-state index in [0.29, 0.717) is 0 Å². The molecule has 0 bridgehead atoms. The maximum absolute atomic E-state index is 8.55. The average molecular weight is 278 g/mol. The van der Waals surface area contributed by atoms with Gasteiger partial charge in [-0.3, -0.25) is 3.64 Å². The van der Waals surface area contributed by atoms with E-state index in [9.17, 15) is 0 Å². The van der Waals surface area contributed by atoms with Crippen molar-refractivity contribution in [1.82, 2.24) is 3.64 Å². The average Bonchev–Trinajstić information content (AvgIpc) is 2.34. The van der Waals surface area contributed by atoms with Crippen LogP contribution in [0.2, 0.25) is 38.3 Å². The summed E-state index contributed by atoms with van der Waals surface area (Å²) < 4.78 is 6.55. The minimum Gasteiger partial charge on any atom is -0.274 e. The maximum atomic E-state index is 8.55. The molecule has 15 heavy (non-hydrogen) atoms. The zero-order chi connectivity index (χ0) is 11.7. The van der Waals surface area contributed by atoms with Gasteiger partial charge in [-0.2, -0.15) is 9.66 Å². The predicted octanol–water partition coefficient (Wildman–Crippen LogP) is 3.44. The minimum atomic E-state index is -1.30. The summed E-state index contributed by atoms with van der Waals surface area (Å²) in [7, 11) is -2.60. The van der Waals surface area contributed by atoms with Crippen LogP contribution in [-0.4, -0.2) is 25.3 Å². The van der Waals surface area contributed by atoms with Crippen molar-refractivity contribution in [2.75, 3.05) is 0 Å². The summed E-state index contributed by atoms with van der Waals surface area (Å²) >= 11 is 7.02. The Bertz CT molecular complexity index is 308. The van der Waals surface area contributed by atoms with Gasteiger partial charge in [0.2, 0.25) is 5.17 Å². The summed E-state index contributed by atoms with van der Waals surface area (Å²) in [4.78, 5) is 0. The molecule has 0 atom stereocenters. The molecule has 0 aromatic heterocycles. The number of nitrogens with zero attached hydrogens (tertiary/aromatic N) is 3. The topological polar surface area (TPSA) is 39.4 Å². The Balaban J connectivity index is 2.79. The molecule has 0 saturated carbocycles. The summed E-state index contributed by atoms with van der Waals surface area (Å²) in [5, 5.41) is 8.59. The van der Waals surface area contributed by atoms with E-state index in [1.807, 2.05) is 6.07 Å². The van der Waals surface area contributed by atoms with Crippen LogP contribution in [0.5, 0.6) is 0 Å². The van der Waals surface area contributed by atoms with Gasteiger partial charge < -0.3 is 0 Å². The van der Waals surface area contributed by atoms with Gasteiger partial charge in [-0.1, -0.05) is 26.2 Å². The minimum absolute atomic E-state index is 0.0431. The number of halogens is 1. The third-order valence-corrected chi connectivity index (χ3v) is 16.2. The van der Waals surface area contributed by atoms with Crippen molar-refractivity contribution >= 4 is 45.4 Å².